The summed E-state index contributed by atoms with van der Waals surface area (Å²) in [5, 5.41) is 12.5. The molecule has 0 amide bonds. The zero-order valence-corrected chi connectivity index (χ0v) is 10.4. The molecule has 0 fully saturated rings. The summed E-state index contributed by atoms with van der Waals surface area (Å²) in [5.41, 5.74) is 5.78. The molecule has 1 atom stereocenters. The van der Waals surface area contributed by atoms with Crippen LogP contribution in [-0.2, 0) is 9.47 Å². The number of nitriles is 1. The second kappa shape index (κ2) is 6.74. The predicted molar refractivity (Wildman–Crippen MR) is 63.9 cm³/mol. The lowest BCUT2D eigenvalue weighted by atomic mass is 10.3. The Balaban J connectivity index is 2.58. The zero-order chi connectivity index (χ0) is 13.5. The average molecular weight is 252 g/mol. The van der Waals surface area contributed by atoms with E-state index in [1.807, 2.05) is 13.0 Å². The van der Waals surface area contributed by atoms with Gasteiger partial charge < -0.3 is 15.2 Å². The Hall–Kier alpha value is -1.91. The molecular formula is C11H16N4O3. The summed E-state index contributed by atoms with van der Waals surface area (Å²) in [5.74, 6) is -0.381. The molecule has 0 saturated heterocycles. The molecular weight excluding hydrogens is 236 g/mol. The zero-order valence-electron chi connectivity index (χ0n) is 10.4. The molecule has 1 rings (SSSR count). The molecule has 0 aliphatic heterocycles. The van der Waals surface area contributed by atoms with Crippen LogP contribution in [0.1, 0.15) is 24.2 Å². The van der Waals surface area contributed by atoms with Crippen LogP contribution in [0.2, 0.25) is 0 Å². The van der Waals surface area contributed by atoms with Crippen LogP contribution in [0.3, 0.4) is 0 Å². The first-order valence-corrected chi connectivity index (χ1v) is 5.59. The topological polar surface area (TPSA) is 103 Å². The number of carbonyl (C=O) groups excluding carboxylic acids is 1. The molecule has 0 aliphatic carbocycles. The molecule has 0 radical (unpaired) electrons. The number of nitrogens with two attached hydrogens (primary N) is 1. The Morgan fingerprint density at radius 2 is 2.39 bits per heavy atom. The molecule has 7 heteroatoms. The molecule has 1 heterocycles. The van der Waals surface area contributed by atoms with Gasteiger partial charge in [0.1, 0.15) is 23.6 Å². The number of anilines is 1. The van der Waals surface area contributed by atoms with Crippen LogP contribution in [0.25, 0.3) is 0 Å². The van der Waals surface area contributed by atoms with Gasteiger partial charge in [-0.3, -0.25) is 4.79 Å². The van der Waals surface area contributed by atoms with Gasteiger partial charge in [0.15, 0.2) is 0 Å². The van der Waals surface area contributed by atoms with Crippen LogP contribution >= 0.6 is 0 Å². The van der Waals surface area contributed by atoms with E-state index in [2.05, 4.69) is 5.10 Å². The number of hydrogen-bond acceptors (Lipinski definition) is 6. The van der Waals surface area contributed by atoms with Gasteiger partial charge in [-0.2, -0.15) is 15.0 Å². The highest BCUT2D eigenvalue weighted by atomic mass is 16.5. The monoisotopic (exact) mass is 252 g/mol. The average Bonchev–Trinajstić information content (AvgIpc) is 2.74. The van der Waals surface area contributed by atoms with Crippen molar-refractivity contribution in [1.29, 1.82) is 5.26 Å². The Bertz CT molecular complexity index is 450. The van der Waals surface area contributed by atoms with E-state index in [0.29, 0.717) is 19.8 Å². The Morgan fingerprint density at radius 3 is 2.94 bits per heavy atom. The number of nitrogens with zero attached hydrogens (tertiary/aromatic N) is 3. The van der Waals surface area contributed by atoms with Crippen molar-refractivity contribution >= 4 is 11.7 Å². The summed E-state index contributed by atoms with van der Waals surface area (Å²) in [4.78, 5) is 11.9. The highest BCUT2D eigenvalue weighted by Gasteiger charge is 2.20. The quantitative estimate of drug-likeness (QED) is 0.736. The molecule has 0 aromatic carbocycles. The summed E-state index contributed by atoms with van der Waals surface area (Å²) in [6.45, 7) is 4.81. The van der Waals surface area contributed by atoms with Gasteiger partial charge in [-0.15, -0.1) is 0 Å². The van der Waals surface area contributed by atoms with E-state index in [1.54, 1.807) is 6.92 Å². The summed E-state index contributed by atoms with van der Waals surface area (Å²) >= 11 is 0. The van der Waals surface area contributed by atoms with Crippen molar-refractivity contribution in [3.63, 3.8) is 0 Å². The van der Waals surface area contributed by atoms with Crippen LogP contribution in [0.4, 0.5) is 5.82 Å². The molecule has 1 aromatic heterocycles. The maximum atomic E-state index is 11.9. The number of nitrogen functional groups attached to an aromatic ring is 1. The van der Waals surface area contributed by atoms with E-state index < -0.39 is 12.0 Å². The van der Waals surface area contributed by atoms with Gasteiger partial charge in [0.25, 0.3) is 5.91 Å². The van der Waals surface area contributed by atoms with E-state index >= 15 is 0 Å². The van der Waals surface area contributed by atoms with Crippen molar-refractivity contribution in [2.45, 2.75) is 20.0 Å². The van der Waals surface area contributed by atoms with Crippen molar-refractivity contribution in [3.05, 3.63) is 11.8 Å². The van der Waals surface area contributed by atoms with Gasteiger partial charge in [0.2, 0.25) is 0 Å². The fourth-order valence-corrected chi connectivity index (χ4v) is 1.29. The maximum Gasteiger partial charge on any atom is 0.277 e. The maximum absolute atomic E-state index is 11.9. The first-order chi connectivity index (χ1) is 8.61. The van der Waals surface area contributed by atoms with Crippen molar-refractivity contribution in [2.75, 3.05) is 25.6 Å². The minimum Gasteiger partial charge on any atom is -0.382 e. The number of carbonyl (C=O) groups is 1. The van der Waals surface area contributed by atoms with Crippen molar-refractivity contribution in [2.24, 2.45) is 0 Å². The summed E-state index contributed by atoms with van der Waals surface area (Å²) in [6, 6.07) is 1.85. The van der Waals surface area contributed by atoms with Gasteiger partial charge in [-0.1, -0.05) is 0 Å². The summed E-state index contributed by atoms with van der Waals surface area (Å²) in [6.07, 6.45) is 0.555. The minimum absolute atomic E-state index is 0.0303. The van der Waals surface area contributed by atoms with E-state index in [4.69, 9.17) is 20.5 Å². The Kier molecular flexibility index (Phi) is 5.30. The van der Waals surface area contributed by atoms with Crippen LogP contribution in [0.5, 0.6) is 0 Å². The first kappa shape index (κ1) is 14.2. The molecule has 0 spiro atoms. The second-order valence-electron chi connectivity index (χ2n) is 3.52. The number of hydrogen-bond donors (Lipinski definition) is 1. The largest absolute Gasteiger partial charge is 0.382 e. The molecule has 7 nitrogen and oxygen atoms in total. The summed E-state index contributed by atoms with van der Waals surface area (Å²) in [7, 11) is 0. The third-order valence-corrected chi connectivity index (χ3v) is 2.28. The molecule has 2 N–H and O–H groups in total. The predicted octanol–water partition coefficient (Wildman–Crippen LogP) is 0.419. The second-order valence-corrected chi connectivity index (χ2v) is 3.52. The van der Waals surface area contributed by atoms with Gasteiger partial charge in [0.05, 0.1) is 19.4 Å². The number of rotatable bonds is 6. The molecule has 98 valence electrons. The van der Waals surface area contributed by atoms with Gasteiger partial charge >= 0.3 is 0 Å². The third-order valence-electron chi connectivity index (χ3n) is 2.28. The van der Waals surface area contributed by atoms with Crippen LogP contribution < -0.4 is 5.73 Å². The fourth-order valence-electron chi connectivity index (χ4n) is 1.29. The molecule has 18 heavy (non-hydrogen) atoms. The molecule has 0 unspecified atom stereocenters. The Labute approximate surface area is 105 Å². The molecule has 0 aliphatic rings. The van der Waals surface area contributed by atoms with Gasteiger partial charge in [0, 0.05) is 6.61 Å². The van der Waals surface area contributed by atoms with Crippen molar-refractivity contribution < 1.29 is 14.3 Å². The minimum atomic E-state index is -0.695. The van der Waals surface area contributed by atoms with E-state index in [0.717, 1.165) is 4.68 Å². The van der Waals surface area contributed by atoms with Crippen LogP contribution in [0, 0.1) is 11.3 Å². The van der Waals surface area contributed by atoms with Gasteiger partial charge in [-0.25, -0.2) is 0 Å². The van der Waals surface area contributed by atoms with Gasteiger partial charge in [-0.05, 0) is 13.8 Å². The van der Waals surface area contributed by atoms with Crippen molar-refractivity contribution in [3.8, 4) is 6.07 Å². The Morgan fingerprint density at radius 1 is 1.67 bits per heavy atom. The van der Waals surface area contributed by atoms with E-state index in [9.17, 15) is 4.79 Å². The smallest absolute Gasteiger partial charge is 0.277 e. The SMILES string of the molecule is CCOCCO[C@H](C)C(=O)n1ncc(C#N)c1N. The van der Waals surface area contributed by atoms with E-state index in [1.165, 1.54) is 6.20 Å². The lowest BCUT2D eigenvalue weighted by Crippen LogP contribution is -2.29. The molecule has 0 bridgehead atoms. The first-order valence-electron chi connectivity index (χ1n) is 5.59. The fraction of sp³-hybridized carbons (Fsp3) is 0.545. The normalized spacial score (nSPS) is 12.1. The molecule has 1 aromatic rings. The third kappa shape index (κ3) is 3.29. The lowest BCUT2D eigenvalue weighted by molar-refractivity contribution is 0.0119. The van der Waals surface area contributed by atoms with Crippen LogP contribution in [0.15, 0.2) is 6.20 Å². The van der Waals surface area contributed by atoms with Crippen molar-refractivity contribution in [1.82, 2.24) is 9.78 Å². The molecule has 0 saturated carbocycles. The highest BCUT2D eigenvalue weighted by Crippen LogP contribution is 2.10. The highest BCUT2D eigenvalue weighted by molar-refractivity contribution is 5.85. The number of ether oxygens (including phenoxy) is 2. The standard InChI is InChI=1S/C11H16N4O3/c1-3-17-4-5-18-8(2)11(16)15-10(13)9(6-12)7-14-15/h7-8H,3-5,13H2,1-2H3/t8-/m1/s1. The van der Waals surface area contributed by atoms with Crippen LogP contribution in [-0.4, -0.2) is 41.6 Å². The number of aromatic nitrogens is 2. The van der Waals surface area contributed by atoms with E-state index in [-0.39, 0.29) is 11.4 Å². The lowest BCUT2D eigenvalue weighted by Gasteiger charge is -2.12. The summed E-state index contributed by atoms with van der Waals surface area (Å²) < 4.78 is 11.3.